The Labute approximate surface area is 124 Å². The lowest BCUT2D eigenvalue weighted by Gasteiger charge is -2.16. The Morgan fingerprint density at radius 2 is 2.05 bits per heavy atom. The van der Waals surface area contributed by atoms with Crippen LogP contribution in [0.3, 0.4) is 0 Å². The zero-order chi connectivity index (χ0) is 14.7. The van der Waals surface area contributed by atoms with Crippen molar-refractivity contribution in [3.63, 3.8) is 0 Å². The van der Waals surface area contributed by atoms with Crippen LogP contribution in [-0.2, 0) is 19.9 Å². The van der Waals surface area contributed by atoms with Crippen molar-refractivity contribution in [2.24, 2.45) is 7.05 Å². The van der Waals surface area contributed by atoms with E-state index >= 15 is 0 Å². The quantitative estimate of drug-likeness (QED) is 0.849. The van der Waals surface area contributed by atoms with Gasteiger partial charge in [0.25, 0.3) is 0 Å². The van der Waals surface area contributed by atoms with Crippen molar-refractivity contribution in [3.05, 3.63) is 39.7 Å². The van der Waals surface area contributed by atoms with Gasteiger partial charge >= 0.3 is 0 Å². The Balaban J connectivity index is 2.26. The zero-order valence-corrected chi connectivity index (χ0v) is 13.2. The maximum absolute atomic E-state index is 6.35. The van der Waals surface area contributed by atoms with Crippen LogP contribution in [0.2, 0.25) is 5.02 Å². The molecule has 0 fully saturated rings. The van der Waals surface area contributed by atoms with Gasteiger partial charge in [0.05, 0.1) is 12.3 Å². The van der Waals surface area contributed by atoms with Crippen molar-refractivity contribution in [3.8, 4) is 5.75 Å². The molecular weight excluding hydrogens is 274 g/mol. The van der Waals surface area contributed by atoms with Crippen LogP contribution in [0.25, 0.3) is 0 Å². The van der Waals surface area contributed by atoms with Gasteiger partial charge in [-0.2, -0.15) is 0 Å². The molecule has 2 aromatic rings. The molecule has 4 nitrogen and oxygen atoms in total. The molecule has 0 aliphatic rings. The average molecular weight is 294 g/mol. The van der Waals surface area contributed by atoms with Gasteiger partial charge in [-0.1, -0.05) is 16.8 Å². The number of benzene rings is 1. The molecule has 0 bridgehead atoms. The molecule has 5 heteroatoms. The maximum atomic E-state index is 6.35. The molecule has 0 saturated carbocycles. The Hall–Kier alpha value is -1.55. The fourth-order valence-corrected chi connectivity index (χ4v) is 2.49. The van der Waals surface area contributed by atoms with E-state index in [1.807, 2.05) is 40.1 Å². The van der Waals surface area contributed by atoms with Gasteiger partial charge in [0.15, 0.2) is 0 Å². The summed E-state index contributed by atoms with van der Waals surface area (Å²) in [5.74, 6) is 0.927. The van der Waals surface area contributed by atoms with Gasteiger partial charge in [-0.25, -0.2) is 0 Å². The van der Waals surface area contributed by atoms with Crippen LogP contribution < -0.4 is 4.74 Å². The van der Waals surface area contributed by atoms with Crippen LogP contribution in [0.4, 0.5) is 0 Å². The van der Waals surface area contributed by atoms with Crippen molar-refractivity contribution < 1.29 is 4.74 Å². The minimum atomic E-state index is 0.651. The molecule has 0 radical (unpaired) electrons. The summed E-state index contributed by atoms with van der Waals surface area (Å²) in [6.45, 7) is 6.69. The first-order chi connectivity index (χ1) is 9.52. The van der Waals surface area contributed by atoms with E-state index in [0.717, 1.165) is 46.0 Å². The van der Waals surface area contributed by atoms with Gasteiger partial charge in [0.1, 0.15) is 5.75 Å². The minimum absolute atomic E-state index is 0.651. The lowest BCUT2D eigenvalue weighted by atomic mass is 9.99. The molecule has 0 unspecified atom stereocenters. The van der Waals surface area contributed by atoms with Crippen molar-refractivity contribution in [1.29, 1.82) is 0 Å². The predicted octanol–water partition coefficient (Wildman–Crippen LogP) is 3.27. The SMILES string of the molecule is CCOc1cc(C)c(Cl)c(C)c1CCc1cn(C)nn1. The first kappa shape index (κ1) is 14.9. The Kier molecular flexibility index (Phi) is 4.65. The van der Waals surface area contributed by atoms with Crippen molar-refractivity contribution in [2.75, 3.05) is 6.61 Å². The molecule has 0 aliphatic heterocycles. The van der Waals surface area contributed by atoms with E-state index in [1.165, 1.54) is 0 Å². The summed E-state index contributed by atoms with van der Waals surface area (Å²) in [5.41, 5.74) is 4.29. The van der Waals surface area contributed by atoms with E-state index in [2.05, 4.69) is 10.3 Å². The van der Waals surface area contributed by atoms with Gasteiger partial charge in [-0.05, 0) is 56.4 Å². The van der Waals surface area contributed by atoms with Gasteiger partial charge in [-0.15, -0.1) is 5.10 Å². The van der Waals surface area contributed by atoms with Crippen LogP contribution in [0.1, 0.15) is 29.3 Å². The summed E-state index contributed by atoms with van der Waals surface area (Å²) in [6, 6.07) is 2.02. The number of rotatable bonds is 5. The largest absolute Gasteiger partial charge is 0.494 e. The Morgan fingerprint density at radius 1 is 1.30 bits per heavy atom. The molecular formula is C15H20ClN3O. The molecule has 0 spiro atoms. The van der Waals surface area contributed by atoms with E-state index in [4.69, 9.17) is 16.3 Å². The molecule has 2 rings (SSSR count). The molecule has 20 heavy (non-hydrogen) atoms. The first-order valence-corrected chi connectivity index (χ1v) is 7.17. The smallest absolute Gasteiger partial charge is 0.123 e. The summed E-state index contributed by atoms with van der Waals surface area (Å²) < 4.78 is 7.46. The third-order valence-corrected chi connectivity index (χ3v) is 3.94. The zero-order valence-electron chi connectivity index (χ0n) is 12.4. The van der Waals surface area contributed by atoms with Crippen molar-refractivity contribution in [2.45, 2.75) is 33.6 Å². The maximum Gasteiger partial charge on any atom is 0.123 e. The van der Waals surface area contributed by atoms with Crippen LogP contribution in [-0.4, -0.2) is 21.6 Å². The van der Waals surface area contributed by atoms with E-state index in [1.54, 1.807) is 4.68 Å². The molecule has 0 N–H and O–H groups in total. The molecule has 1 aromatic heterocycles. The van der Waals surface area contributed by atoms with Gasteiger partial charge in [0.2, 0.25) is 0 Å². The van der Waals surface area contributed by atoms with Crippen molar-refractivity contribution in [1.82, 2.24) is 15.0 Å². The van der Waals surface area contributed by atoms with Crippen molar-refractivity contribution >= 4 is 11.6 Å². The average Bonchev–Trinajstić information content (AvgIpc) is 2.82. The number of nitrogens with zero attached hydrogens (tertiary/aromatic N) is 3. The minimum Gasteiger partial charge on any atom is -0.494 e. The third kappa shape index (κ3) is 3.12. The molecule has 108 valence electrons. The monoisotopic (exact) mass is 293 g/mol. The topological polar surface area (TPSA) is 39.9 Å². The lowest BCUT2D eigenvalue weighted by Crippen LogP contribution is -2.03. The molecule has 1 heterocycles. The van der Waals surface area contributed by atoms with E-state index in [0.29, 0.717) is 6.61 Å². The summed E-state index contributed by atoms with van der Waals surface area (Å²) >= 11 is 6.35. The highest BCUT2D eigenvalue weighted by atomic mass is 35.5. The molecule has 0 aliphatic carbocycles. The number of ether oxygens (including phenoxy) is 1. The summed E-state index contributed by atoms with van der Waals surface area (Å²) in [4.78, 5) is 0. The van der Waals surface area contributed by atoms with Crippen LogP contribution in [0.15, 0.2) is 12.3 Å². The predicted molar refractivity (Wildman–Crippen MR) is 80.5 cm³/mol. The first-order valence-electron chi connectivity index (χ1n) is 6.79. The molecule has 0 atom stereocenters. The molecule has 0 saturated heterocycles. The number of aryl methyl sites for hydroxylation is 3. The number of halogens is 1. The van der Waals surface area contributed by atoms with E-state index in [-0.39, 0.29) is 0 Å². The highest BCUT2D eigenvalue weighted by Crippen LogP contribution is 2.32. The standard InChI is InChI=1S/C15H20ClN3O/c1-5-20-14-8-10(2)15(16)11(3)13(14)7-6-12-9-19(4)18-17-12/h8-9H,5-7H2,1-4H3. The summed E-state index contributed by atoms with van der Waals surface area (Å²) in [5, 5.41) is 8.89. The Morgan fingerprint density at radius 3 is 2.65 bits per heavy atom. The third-order valence-electron chi connectivity index (χ3n) is 3.35. The van der Waals surface area contributed by atoms with Crippen LogP contribution in [0, 0.1) is 13.8 Å². The van der Waals surface area contributed by atoms with Gasteiger partial charge < -0.3 is 4.74 Å². The van der Waals surface area contributed by atoms with Gasteiger partial charge in [0, 0.05) is 18.3 Å². The second kappa shape index (κ2) is 6.27. The second-order valence-corrected chi connectivity index (χ2v) is 5.30. The van der Waals surface area contributed by atoms with Crippen LogP contribution >= 0.6 is 11.6 Å². The fraction of sp³-hybridized carbons (Fsp3) is 0.467. The van der Waals surface area contributed by atoms with Crippen LogP contribution in [0.5, 0.6) is 5.75 Å². The molecule has 1 aromatic carbocycles. The highest BCUT2D eigenvalue weighted by Gasteiger charge is 2.13. The lowest BCUT2D eigenvalue weighted by molar-refractivity contribution is 0.336. The van der Waals surface area contributed by atoms with E-state index < -0.39 is 0 Å². The second-order valence-electron chi connectivity index (χ2n) is 4.93. The van der Waals surface area contributed by atoms with Gasteiger partial charge in [-0.3, -0.25) is 4.68 Å². The number of aromatic nitrogens is 3. The van der Waals surface area contributed by atoms with E-state index in [9.17, 15) is 0 Å². The summed E-state index contributed by atoms with van der Waals surface area (Å²) in [7, 11) is 1.87. The highest BCUT2D eigenvalue weighted by molar-refractivity contribution is 6.32. The number of hydrogen-bond acceptors (Lipinski definition) is 3. The number of hydrogen-bond donors (Lipinski definition) is 0. The Bertz CT molecular complexity index is 607. The molecule has 0 amide bonds. The summed E-state index contributed by atoms with van der Waals surface area (Å²) in [6.07, 6.45) is 3.61. The normalized spacial score (nSPS) is 10.8. The fourth-order valence-electron chi connectivity index (χ4n) is 2.32.